The normalized spacial score (nSPS) is 15.2. The molecule has 0 saturated heterocycles. The maximum atomic E-state index is 12.1. The maximum absolute atomic E-state index is 12.1. The molecule has 3 N–H and O–H groups in total. The Morgan fingerprint density at radius 1 is 1.12 bits per heavy atom. The van der Waals surface area contributed by atoms with E-state index in [1.807, 2.05) is 31.2 Å². The Kier molecular flexibility index (Phi) is 7.67. The topological polar surface area (TPSA) is 78.4 Å². The number of hydrogen-bond acceptors (Lipinski definition) is 3. The molecule has 0 saturated carbocycles. The third-order valence-corrected chi connectivity index (χ3v) is 4.45. The summed E-state index contributed by atoms with van der Waals surface area (Å²) >= 11 is 0. The van der Waals surface area contributed by atoms with Gasteiger partial charge < -0.3 is 15.7 Å². The molecule has 0 heterocycles. The van der Waals surface area contributed by atoms with Crippen molar-refractivity contribution in [3.8, 4) is 0 Å². The van der Waals surface area contributed by atoms with Crippen LogP contribution >= 0.6 is 0 Å². The van der Waals surface area contributed by atoms with Crippen LogP contribution in [0.15, 0.2) is 35.9 Å². The summed E-state index contributed by atoms with van der Waals surface area (Å²) in [4.78, 5) is 24.0. The number of benzene rings is 1. The standard InChI is InChI=1S/C20H28N2O3/c1-2-17(14-23)21-19(24)13-16-8-10-18(11-9-16)22-20(25)12-15-6-4-3-5-7-15/h6,8-11,17,23H,2-5,7,12-14H2,1H3,(H,21,24)(H,22,25)/t17-/m1/s1. The first kappa shape index (κ1) is 19.2. The summed E-state index contributed by atoms with van der Waals surface area (Å²) in [6.45, 7) is 1.87. The number of hydrogen-bond donors (Lipinski definition) is 3. The van der Waals surface area contributed by atoms with E-state index in [-0.39, 0.29) is 30.9 Å². The van der Waals surface area contributed by atoms with E-state index in [4.69, 9.17) is 5.11 Å². The maximum Gasteiger partial charge on any atom is 0.228 e. The first-order chi connectivity index (χ1) is 12.1. The minimum Gasteiger partial charge on any atom is -0.394 e. The van der Waals surface area contributed by atoms with Crippen molar-refractivity contribution in [1.82, 2.24) is 5.32 Å². The second-order valence-corrected chi connectivity index (χ2v) is 6.56. The lowest BCUT2D eigenvalue weighted by Gasteiger charge is -2.14. The fraction of sp³-hybridized carbons (Fsp3) is 0.500. The molecule has 1 aromatic carbocycles. The van der Waals surface area contributed by atoms with Gasteiger partial charge in [0.2, 0.25) is 11.8 Å². The van der Waals surface area contributed by atoms with Gasteiger partial charge in [-0.3, -0.25) is 9.59 Å². The minimum atomic E-state index is -0.194. The predicted molar refractivity (Wildman–Crippen MR) is 99.3 cm³/mol. The number of carbonyl (C=O) groups excluding carboxylic acids is 2. The Labute approximate surface area is 149 Å². The van der Waals surface area contributed by atoms with Crippen LogP contribution < -0.4 is 10.6 Å². The summed E-state index contributed by atoms with van der Waals surface area (Å²) in [5, 5.41) is 14.8. The van der Waals surface area contributed by atoms with Crippen molar-refractivity contribution >= 4 is 17.5 Å². The van der Waals surface area contributed by atoms with Crippen molar-refractivity contribution in [1.29, 1.82) is 0 Å². The summed E-state index contributed by atoms with van der Waals surface area (Å²) in [7, 11) is 0. The largest absolute Gasteiger partial charge is 0.394 e. The molecule has 0 aromatic heterocycles. The van der Waals surface area contributed by atoms with Crippen molar-refractivity contribution in [2.45, 2.75) is 57.9 Å². The summed E-state index contributed by atoms with van der Waals surface area (Å²) in [5.41, 5.74) is 2.84. The molecule has 25 heavy (non-hydrogen) atoms. The molecule has 0 fully saturated rings. The van der Waals surface area contributed by atoms with Gasteiger partial charge in [-0.15, -0.1) is 0 Å². The van der Waals surface area contributed by atoms with E-state index in [0.29, 0.717) is 12.8 Å². The van der Waals surface area contributed by atoms with Crippen LogP contribution in [-0.2, 0) is 16.0 Å². The van der Waals surface area contributed by atoms with Crippen LogP contribution in [0.3, 0.4) is 0 Å². The molecule has 0 radical (unpaired) electrons. The number of amides is 2. The minimum absolute atomic E-state index is 0.00683. The van der Waals surface area contributed by atoms with E-state index >= 15 is 0 Å². The lowest BCUT2D eigenvalue weighted by Crippen LogP contribution is -2.37. The Morgan fingerprint density at radius 2 is 1.88 bits per heavy atom. The highest BCUT2D eigenvalue weighted by Crippen LogP contribution is 2.20. The van der Waals surface area contributed by atoms with E-state index in [9.17, 15) is 9.59 Å². The van der Waals surface area contributed by atoms with Crippen LogP contribution in [0.1, 0.15) is 51.0 Å². The van der Waals surface area contributed by atoms with Gasteiger partial charge >= 0.3 is 0 Å². The smallest absolute Gasteiger partial charge is 0.228 e. The van der Waals surface area contributed by atoms with Crippen molar-refractivity contribution in [2.75, 3.05) is 11.9 Å². The van der Waals surface area contributed by atoms with Gasteiger partial charge in [0.1, 0.15) is 0 Å². The Hall–Kier alpha value is -2.14. The molecule has 5 heteroatoms. The second kappa shape index (κ2) is 9.99. The van der Waals surface area contributed by atoms with Crippen LogP contribution in [0.4, 0.5) is 5.69 Å². The van der Waals surface area contributed by atoms with Crippen LogP contribution in [0.2, 0.25) is 0 Å². The molecular formula is C20H28N2O3. The fourth-order valence-corrected chi connectivity index (χ4v) is 2.92. The summed E-state index contributed by atoms with van der Waals surface area (Å²) < 4.78 is 0. The SMILES string of the molecule is CC[C@H](CO)NC(=O)Cc1ccc(NC(=O)CC2=CCCCC2)cc1. The molecule has 136 valence electrons. The molecule has 1 aromatic rings. The molecule has 0 unspecified atom stereocenters. The number of carbonyl (C=O) groups is 2. The van der Waals surface area contributed by atoms with Crippen LogP contribution in [0.5, 0.6) is 0 Å². The van der Waals surface area contributed by atoms with E-state index in [0.717, 1.165) is 24.1 Å². The average Bonchev–Trinajstić information content (AvgIpc) is 2.62. The van der Waals surface area contributed by atoms with Gasteiger partial charge in [0, 0.05) is 12.1 Å². The number of rotatable bonds is 8. The zero-order valence-corrected chi connectivity index (χ0v) is 14.9. The highest BCUT2D eigenvalue weighted by Gasteiger charge is 2.11. The second-order valence-electron chi connectivity index (χ2n) is 6.56. The molecule has 1 aliphatic carbocycles. The van der Waals surface area contributed by atoms with E-state index in [1.165, 1.54) is 18.4 Å². The van der Waals surface area contributed by atoms with Crippen molar-refractivity contribution in [3.05, 3.63) is 41.5 Å². The number of allylic oxidation sites excluding steroid dienone is 1. The summed E-state index contributed by atoms with van der Waals surface area (Å²) in [5.74, 6) is -0.103. The van der Waals surface area contributed by atoms with E-state index in [2.05, 4.69) is 16.7 Å². The molecular weight excluding hydrogens is 316 g/mol. The van der Waals surface area contributed by atoms with E-state index in [1.54, 1.807) is 0 Å². The van der Waals surface area contributed by atoms with Crippen LogP contribution in [-0.4, -0.2) is 29.6 Å². The quantitative estimate of drug-likeness (QED) is 0.635. The number of aliphatic hydroxyl groups is 1. The first-order valence-electron chi connectivity index (χ1n) is 9.07. The summed E-state index contributed by atoms with van der Waals surface area (Å²) in [6.07, 6.45) is 8.09. The van der Waals surface area contributed by atoms with Gasteiger partial charge in [0.15, 0.2) is 0 Å². The van der Waals surface area contributed by atoms with E-state index < -0.39 is 0 Å². The monoisotopic (exact) mass is 344 g/mol. The molecule has 0 bridgehead atoms. The third-order valence-electron chi connectivity index (χ3n) is 4.45. The molecule has 5 nitrogen and oxygen atoms in total. The fourth-order valence-electron chi connectivity index (χ4n) is 2.92. The first-order valence-corrected chi connectivity index (χ1v) is 9.07. The lowest BCUT2D eigenvalue weighted by atomic mass is 9.97. The van der Waals surface area contributed by atoms with Crippen LogP contribution in [0, 0.1) is 0 Å². The van der Waals surface area contributed by atoms with Gasteiger partial charge in [-0.2, -0.15) is 0 Å². The molecule has 2 amide bonds. The molecule has 1 atom stereocenters. The summed E-state index contributed by atoms with van der Waals surface area (Å²) in [6, 6.07) is 7.13. The van der Waals surface area contributed by atoms with Crippen molar-refractivity contribution < 1.29 is 14.7 Å². The molecule has 1 aliphatic rings. The Morgan fingerprint density at radius 3 is 2.48 bits per heavy atom. The lowest BCUT2D eigenvalue weighted by molar-refractivity contribution is -0.121. The highest BCUT2D eigenvalue weighted by atomic mass is 16.3. The Bertz CT molecular complexity index is 604. The Balaban J connectivity index is 1.81. The van der Waals surface area contributed by atoms with Gasteiger partial charge in [-0.25, -0.2) is 0 Å². The molecule has 0 spiro atoms. The van der Waals surface area contributed by atoms with Gasteiger partial charge in [-0.1, -0.05) is 30.7 Å². The average molecular weight is 344 g/mol. The highest BCUT2D eigenvalue weighted by molar-refractivity contribution is 5.92. The predicted octanol–water partition coefficient (Wildman–Crippen LogP) is 2.95. The zero-order valence-electron chi connectivity index (χ0n) is 14.9. The number of nitrogens with one attached hydrogen (secondary N) is 2. The third kappa shape index (κ3) is 6.70. The van der Waals surface area contributed by atoms with Crippen molar-refractivity contribution in [2.24, 2.45) is 0 Å². The zero-order chi connectivity index (χ0) is 18.1. The van der Waals surface area contributed by atoms with Crippen molar-refractivity contribution in [3.63, 3.8) is 0 Å². The number of aliphatic hydroxyl groups excluding tert-OH is 1. The van der Waals surface area contributed by atoms with Gasteiger partial charge in [0.25, 0.3) is 0 Å². The number of anilines is 1. The van der Waals surface area contributed by atoms with Gasteiger partial charge in [0.05, 0.1) is 19.1 Å². The van der Waals surface area contributed by atoms with Crippen LogP contribution in [0.25, 0.3) is 0 Å². The molecule has 2 rings (SSSR count). The molecule has 0 aliphatic heterocycles. The van der Waals surface area contributed by atoms with Gasteiger partial charge in [-0.05, 0) is 49.8 Å².